The van der Waals surface area contributed by atoms with Gasteiger partial charge in [0, 0.05) is 0 Å². The molecular weight excluding hydrogens is 242 g/mol. The molecule has 1 atom stereocenters. The van der Waals surface area contributed by atoms with Crippen molar-refractivity contribution in [3.05, 3.63) is 0 Å². The summed E-state index contributed by atoms with van der Waals surface area (Å²) in [5.74, 6) is -0.279. The number of carbonyl (C=O) groups excluding carboxylic acids is 1. The van der Waals surface area contributed by atoms with Crippen LogP contribution in [0.15, 0.2) is 0 Å². The molecule has 0 amide bonds. The first-order chi connectivity index (χ1) is 8.56. The van der Waals surface area contributed by atoms with Crippen LogP contribution in [0.3, 0.4) is 0 Å². The van der Waals surface area contributed by atoms with Gasteiger partial charge in [-0.2, -0.15) is 0 Å². The minimum Gasteiger partial charge on any atom is -0.392 e. The van der Waals surface area contributed by atoms with E-state index in [9.17, 15) is 9.90 Å². The summed E-state index contributed by atoms with van der Waals surface area (Å²) < 4.78 is 0. The maximum absolute atomic E-state index is 12.0. The topological polar surface area (TPSA) is 49.8 Å². The second-order valence-electron chi connectivity index (χ2n) is 7.25. The molecule has 0 aromatic rings. The van der Waals surface area contributed by atoms with E-state index >= 15 is 0 Å². The van der Waals surface area contributed by atoms with Crippen LogP contribution in [0.2, 0.25) is 0 Å². The van der Waals surface area contributed by atoms with E-state index in [2.05, 4.69) is 27.7 Å². The zero-order valence-corrected chi connectivity index (χ0v) is 13.2. The van der Waals surface area contributed by atoms with Crippen molar-refractivity contribution in [3.8, 4) is 0 Å². The molecule has 1 rings (SSSR count). The number of hydrogen-bond acceptors (Lipinski definition) is 4. The summed E-state index contributed by atoms with van der Waals surface area (Å²) in [4.78, 5) is 17.6. The van der Waals surface area contributed by atoms with E-state index in [0.29, 0.717) is 0 Å². The molecule has 1 N–H and O–H groups in total. The van der Waals surface area contributed by atoms with Crippen molar-refractivity contribution in [2.75, 3.05) is 0 Å². The van der Waals surface area contributed by atoms with Crippen LogP contribution in [0.4, 0.5) is 0 Å². The Morgan fingerprint density at radius 2 is 1.68 bits per heavy atom. The van der Waals surface area contributed by atoms with Crippen LogP contribution in [0.25, 0.3) is 0 Å². The lowest BCUT2D eigenvalue weighted by atomic mass is 9.82. The molecule has 1 fully saturated rings. The first kappa shape index (κ1) is 16.4. The number of nitrogens with zero attached hydrogens (tertiary/aromatic N) is 1. The van der Waals surface area contributed by atoms with E-state index in [-0.39, 0.29) is 29.4 Å². The highest BCUT2D eigenvalue weighted by molar-refractivity contribution is 5.69. The number of hydroxylamine groups is 2. The number of aliphatic hydroxyl groups is 1. The maximum Gasteiger partial charge on any atom is 0.327 e. The number of hydrogen-bond donors (Lipinski definition) is 1. The average molecular weight is 271 g/mol. The van der Waals surface area contributed by atoms with Crippen molar-refractivity contribution < 1.29 is 14.7 Å². The highest BCUT2D eigenvalue weighted by Crippen LogP contribution is 2.38. The molecule has 1 saturated heterocycles. The summed E-state index contributed by atoms with van der Waals surface area (Å²) in [5.41, 5.74) is -0.305. The van der Waals surface area contributed by atoms with E-state index in [1.165, 1.54) is 0 Å². The second kappa shape index (κ2) is 5.80. The molecule has 0 saturated carbocycles. The van der Waals surface area contributed by atoms with E-state index in [1.54, 1.807) is 0 Å². The van der Waals surface area contributed by atoms with Crippen molar-refractivity contribution in [2.24, 2.45) is 5.92 Å². The fourth-order valence-electron chi connectivity index (χ4n) is 2.77. The molecule has 0 spiro atoms. The van der Waals surface area contributed by atoms with Crippen LogP contribution >= 0.6 is 0 Å². The SMILES string of the molecule is CC(C)C(O)CC(=O)ON1C(C)(C)CCCC1(C)C. The lowest BCUT2D eigenvalue weighted by Crippen LogP contribution is -2.59. The summed E-state index contributed by atoms with van der Waals surface area (Å²) in [5, 5.41) is 11.6. The molecule has 0 aromatic carbocycles. The van der Waals surface area contributed by atoms with Gasteiger partial charge in [0.1, 0.15) is 0 Å². The molecule has 19 heavy (non-hydrogen) atoms. The molecule has 1 heterocycles. The predicted molar refractivity (Wildman–Crippen MR) is 75.4 cm³/mol. The Morgan fingerprint density at radius 1 is 1.21 bits per heavy atom. The Kier molecular flexibility index (Phi) is 5.02. The van der Waals surface area contributed by atoms with Gasteiger partial charge in [-0.05, 0) is 52.9 Å². The van der Waals surface area contributed by atoms with Crippen LogP contribution < -0.4 is 0 Å². The van der Waals surface area contributed by atoms with Gasteiger partial charge in [-0.25, -0.2) is 0 Å². The average Bonchev–Trinajstić information content (AvgIpc) is 2.23. The van der Waals surface area contributed by atoms with Gasteiger partial charge < -0.3 is 9.94 Å². The zero-order chi connectivity index (χ0) is 14.8. The van der Waals surface area contributed by atoms with Crippen LogP contribution in [0.1, 0.15) is 67.2 Å². The number of aliphatic hydroxyl groups excluding tert-OH is 1. The van der Waals surface area contributed by atoms with Gasteiger partial charge in [-0.15, -0.1) is 5.06 Å². The molecule has 0 bridgehead atoms. The fraction of sp³-hybridized carbons (Fsp3) is 0.933. The third kappa shape index (κ3) is 4.18. The Balaban J connectivity index is 2.69. The molecule has 0 radical (unpaired) electrons. The monoisotopic (exact) mass is 271 g/mol. The molecule has 1 unspecified atom stereocenters. The summed E-state index contributed by atoms with van der Waals surface area (Å²) in [6.45, 7) is 12.2. The smallest absolute Gasteiger partial charge is 0.327 e. The standard InChI is InChI=1S/C15H29NO3/c1-11(2)12(17)10-13(18)19-16-14(3,4)8-7-9-15(16,5)6/h11-12,17H,7-10H2,1-6H3. The Morgan fingerprint density at radius 3 is 2.11 bits per heavy atom. The minimum absolute atomic E-state index is 0.0559. The molecule has 4 nitrogen and oxygen atoms in total. The Hall–Kier alpha value is -0.610. The summed E-state index contributed by atoms with van der Waals surface area (Å²) >= 11 is 0. The van der Waals surface area contributed by atoms with Crippen LogP contribution in [0, 0.1) is 5.92 Å². The summed E-state index contributed by atoms with van der Waals surface area (Å²) in [7, 11) is 0. The molecule has 1 aliphatic heterocycles. The molecule has 112 valence electrons. The highest BCUT2D eigenvalue weighted by atomic mass is 16.7. The third-order valence-corrected chi connectivity index (χ3v) is 4.02. The number of rotatable bonds is 4. The summed E-state index contributed by atoms with van der Waals surface area (Å²) in [6.07, 6.45) is 2.58. The maximum atomic E-state index is 12.0. The quantitative estimate of drug-likeness (QED) is 0.854. The van der Waals surface area contributed by atoms with E-state index in [4.69, 9.17) is 4.84 Å². The molecule has 1 aliphatic rings. The lowest BCUT2D eigenvalue weighted by Gasteiger charge is -2.50. The van der Waals surface area contributed by atoms with Crippen LogP contribution in [0.5, 0.6) is 0 Å². The van der Waals surface area contributed by atoms with Gasteiger partial charge in [0.25, 0.3) is 0 Å². The van der Waals surface area contributed by atoms with Crippen LogP contribution in [-0.2, 0) is 9.63 Å². The van der Waals surface area contributed by atoms with Gasteiger partial charge in [-0.1, -0.05) is 13.8 Å². The first-order valence-electron chi connectivity index (χ1n) is 7.25. The largest absolute Gasteiger partial charge is 0.392 e. The van der Waals surface area contributed by atoms with Crippen molar-refractivity contribution >= 4 is 5.97 Å². The van der Waals surface area contributed by atoms with Crippen molar-refractivity contribution in [2.45, 2.75) is 84.4 Å². The zero-order valence-electron chi connectivity index (χ0n) is 13.2. The number of piperidine rings is 1. The summed E-state index contributed by atoms with van der Waals surface area (Å²) in [6, 6.07) is 0. The normalized spacial score (nSPS) is 24.2. The molecule has 4 heteroatoms. The van der Waals surface area contributed by atoms with Gasteiger partial charge in [0.2, 0.25) is 0 Å². The second-order valence-corrected chi connectivity index (χ2v) is 7.25. The fourth-order valence-corrected chi connectivity index (χ4v) is 2.77. The minimum atomic E-state index is -0.636. The van der Waals surface area contributed by atoms with Gasteiger partial charge in [0.05, 0.1) is 23.6 Å². The molecule has 0 aromatic heterocycles. The van der Waals surface area contributed by atoms with Crippen molar-refractivity contribution in [3.63, 3.8) is 0 Å². The predicted octanol–water partition coefficient (Wildman–Crippen LogP) is 2.89. The highest BCUT2D eigenvalue weighted by Gasteiger charge is 2.44. The van der Waals surface area contributed by atoms with Crippen molar-refractivity contribution in [1.29, 1.82) is 0 Å². The third-order valence-electron chi connectivity index (χ3n) is 4.02. The van der Waals surface area contributed by atoms with Gasteiger partial charge in [0.15, 0.2) is 0 Å². The van der Waals surface area contributed by atoms with Crippen LogP contribution in [-0.4, -0.2) is 33.3 Å². The lowest BCUT2D eigenvalue weighted by molar-refractivity contribution is -0.266. The van der Waals surface area contributed by atoms with E-state index in [0.717, 1.165) is 19.3 Å². The van der Waals surface area contributed by atoms with Gasteiger partial charge in [-0.3, -0.25) is 4.79 Å². The van der Waals surface area contributed by atoms with E-state index < -0.39 is 6.10 Å². The molecular formula is C15H29NO3. The van der Waals surface area contributed by atoms with Crippen molar-refractivity contribution in [1.82, 2.24) is 5.06 Å². The Labute approximate surface area is 117 Å². The van der Waals surface area contributed by atoms with Gasteiger partial charge >= 0.3 is 5.97 Å². The number of carbonyl (C=O) groups is 1. The molecule has 0 aliphatic carbocycles. The Bertz CT molecular complexity index is 307. The first-order valence-corrected chi connectivity index (χ1v) is 7.25. The van der Waals surface area contributed by atoms with E-state index in [1.807, 2.05) is 18.9 Å².